The number of furan rings is 2. The molecule has 0 saturated carbocycles. The number of aliphatic imine (C=N–C) groups is 1. The van der Waals surface area contributed by atoms with Crippen LogP contribution in [0.1, 0.15) is 29.0 Å². The van der Waals surface area contributed by atoms with Gasteiger partial charge in [0.2, 0.25) is 0 Å². The van der Waals surface area contributed by atoms with Crippen molar-refractivity contribution in [1.29, 1.82) is 0 Å². The highest BCUT2D eigenvalue weighted by atomic mass is 16.3. The molecule has 0 aliphatic carbocycles. The van der Waals surface area contributed by atoms with Crippen molar-refractivity contribution in [2.45, 2.75) is 12.3 Å². The largest absolute Gasteiger partial charge is 0.456 e. The van der Waals surface area contributed by atoms with Gasteiger partial charge >= 0.3 is 0 Å². The summed E-state index contributed by atoms with van der Waals surface area (Å²) in [4.78, 5) is 5.05. The first-order chi connectivity index (χ1) is 26.7. The second-order valence-corrected chi connectivity index (χ2v) is 13.7. The Bertz CT molecular complexity index is 2980. The molecule has 3 N–H and O–H groups in total. The normalized spacial score (nSPS) is 13.1. The lowest BCUT2D eigenvalue weighted by molar-refractivity contribution is 0.467. The van der Waals surface area contributed by atoms with Gasteiger partial charge in [-0.1, -0.05) is 140 Å². The maximum Gasteiger partial charge on any atom is 0.143 e. The molecule has 0 amide bonds. The molecule has 0 aliphatic rings. The Hall–Kier alpha value is -6.79. The minimum atomic E-state index is -0.536. The number of nitrogens with two attached hydrogens (primary N) is 1. The fourth-order valence-corrected chi connectivity index (χ4v) is 7.63. The molecule has 5 heteroatoms. The Balaban J connectivity index is 1.03. The summed E-state index contributed by atoms with van der Waals surface area (Å²) in [6.45, 7) is 0. The van der Waals surface area contributed by atoms with Gasteiger partial charge in [0.15, 0.2) is 0 Å². The number of nitrogens with one attached hydrogen (secondary N) is 1. The van der Waals surface area contributed by atoms with Crippen molar-refractivity contribution in [3.63, 3.8) is 0 Å². The third-order valence-electron chi connectivity index (χ3n) is 10.4. The second kappa shape index (κ2) is 13.3. The van der Waals surface area contributed by atoms with E-state index in [9.17, 15) is 0 Å². The summed E-state index contributed by atoms with van der Waals surface area (Å²) < 4.78 is 13.0. The molecule has 54 heavy (non-hydrogen) atoms. The van der Waals surface area contributed by atoms with Crippen LogP contribution in [-0.2, 0) is 0 Å². The van der Waals surface area contributed by atoms with Crippen LogP contribution >= 0.6 is 0 Å². The van der Waals surface area contributed by atoms with Crippen LogP contribution in [0.4, 0.5) is 0 Å². The zero-order chi connectivity index (χ0) is 36.0. The fraction of sp³-hybridized carbons (Fsp3) is 0.0408. The zero-order valence-corrected chi connectivity index (χ0v) is 29.3. The molecule has 0 saturated heterocycles. The van der Waals surface area contributed by atoms with Crippen LogP contribution in [0.3, 0.4) is 0 Å². The summed E-state index contributed by atoms with van der Waals surface area (Å²) in [7, 11) is 0. The molecule has 5 nitrogen and oxygen atoms in total. The summed E-state index contributed by atoms with van der Waals surface area (Å²) in [6, 6.07) is 60.6. The predicted molar refractivity (Wildman–Crippen MR) is 223 cm³/mol. The molecule has 258 valence electrons. The zero-order valence-electron chi connectivity index (χ0n) is 29.3. The minimum Gasteiger partial charge on any atom is -0.456 e. The van der Waals surface area contributed by atoms with Gasteiger partial charge in [0.05, 0.1) is 6.17 Å². The first-order valence-electron chi connectivity index (χ1n) is 18.2. The van der Waals surface area contributed by atoms with E-state index in [0.717, 1.165) is 88.0 Å². The quantitative estimate of drug-likeness (QED) is 0.122. The van der Waals surface area contributed by atoms with Crippen LogP contribution in [-0.4, -0.2) is 6.21 Å². The highest BCUT2D eigenvalue weighted by Crippen LogP contribution is 2.40. The summed E-state index contributed by atoms with van der Waals surface area (Å²) in [6.07, 6.45) is 0.900. The molecule has 0 spiro atoms. The number of rotatable bonds is 8. The first-order valence-corrected chi connectivity index (χ1v) is 18.2. The molecule has 0 aliphatic heterocycles. The maximum absolute atomic E-state index is 7.02. The van der Waals surface area contributed by atoms with E-state index in [1.807, 2.05) is 60.8 Å². The van der Waals surface area contributed by atoms with E-state index >= 15 is 0 Å². The molecule has 2 atom stereocenters. The lowest BCUT2D eigenvalue weighted by Gasteiger charge is -2.21. The number of hydrogen-bond acceptors (Lipinski definition) is 5. The number of benzene rings is 8. The highest BCUT2D eigenvalue weighted by Gasteiger charge is 2.20. The highest BCUT2D eigenvalue weighted by molar-refractivity contribution is 6.19. The number of nitrogens with zero attached hydrogens (tertiary/aromatic N) is 1. The molecular weight excluding hydrogens is 663 g/mol. The minimum absolute atomic E-state index is 0.455. The molecule has 2 heterocycles. The Kier molecular flexibility index (Phi) is 7.87. The average molecular weight is 698 g/mol. The van der Waals surface area contributed by atoms with Gasteiger partial charge in [-0.25, -0.2) is 0 Å². The molecule has 2 unspecified atom stereocenters. The van der Waals surface area contributed by atoms with E-state index in [4.69, 9.17) is 19.6 Å². The van der Waals surface area contributed by atoms with Gasteiger partial charge in [-0.15, -0.1) is 0 Å². The molecule has 0 radical (unpaired) electrons. The van der Waals surface area contributed by atoms with Crippen molar-refractivity contribution in [2.24, 2.45) is 10.7 Å². The number of hydrogen-bond donors (Lipinski definition) is 2. The van der Waals surface area contributed by atoms with Gasteiger partial charge in [0, 0.05) is 33.1 Å². The van der Waals surface area contributed by atoms with Crippen molar-refractivity contribution in [1.82, 2.24) is 5.32 Å². The van der Waals surface area contributed by atoms with Crippen molar-refractivity contribution >= 4 is 60.9 Å². The molecule has 10 aromatic rings. The molecular formula is C49H35N3O2. The van der Waals surface area contributed by atoms with E-state index < -0.39 is 12.3 Å². The maximum atomic E-state index is 7.02. The van der Waals surface area contributed by atoms with Crippen molar-refractivity contribution in [3.05, 3.63) is 193 Å². The predicted octanol–water partition coefficient (Wildman–Crippen LogP) is 12.3. The molecule has 0 fully saturated rings. The van der Waals surface area contributed by atoms with Crippen LogP contribution in [0.15, 0.2) is 190 Å². The van der Waals surface area contributed by atoms with Crippen molar-refractivity contribution in [3.8, 4) is 22.3 Å². The first kappa shape index (κ1) is 31.9. The second-order valence-electron chi connectivity index (χ2n) is 13.7. The molecule has 8 aromatic carbocycles. The smallest absolute Gasteiger partial charge is 0.143 e. The van der Waals surface area contributed by atoms with Crippen LogP contribution in [0, 0.1) is 0 Å². The van der Waals surface area contributed by atoms with E-state index in [2.05, 4.69) is 127 Å². The van der Waals surface area contributed by atoms with E-state index in [1.54, 1.807) is 0 Å². The SMILES string of the molecule is NC(NC(/N=C/c1ccccc1)c1ccc2c(c1)oc1cc(-c3ccccc3)ccc12)c1ccc2oc3c4ccccc4c(-c4ccccc4)cc3c2c1. The van der Waals surface area contributed by atoms with E-state index in [0.29, 0.717) is 0 Å². The third-order valence-corrected chi connectivity index (χ3v) is 10.4. The van der Waals surface area contributed by atoms with Gasteiger partial charge in [-0.05, 0) is 80.7 Å². The Labute approximate surface area is 312 Å². The Morgan fingerprint density at radius 3 is 1.89 bits per heavy atom. The summed E-state index contributed by atoms with van der Waals surface area (Å²) in [5, 5.41) is 10.1. The van der Waals surface area contributed by atoms with Crippen LogP contribution in [0.2, 0.25) is 0 Å². The Morgan fingerprint density at radius 2 is 1.11 bits per heavy atom. The van der Waals surface area contributed by atoms with E-state index in [1.165, 1.54) is 5.56 Å². The molecule has 2 aromatic heterocycles. The molecule has 10 rings (SSSR count). The summed E-state index contributed by atoms with van der Waals surface area (Å²) in [5.74, 6) is 0. The van der Waals surface area contributed by atoms with E-state index in [-0.39, 0.29) is 0 Å². The summed E-state index contributed by atoms with van der Waals surface area (Å²) in [5.41, 5.74) is 17.8. The van der Waals surface area contributed by atoms with Crippen LogP contribution < -0.4 is 11.1 Å². The topological polar surface area (TPSA) is 76.7 Å². The summed E-state index contributed by atoms with van der Waals surface area (Å²) >= 11 is 0. The molecule has 0 bridgehead atoms. The average Bonchev–Trinajstić information content (AvgIpc) is 3.80. The fourth-order valence-electron chi connectivity index (χ4n) is 7.63. The van der Waals surface area contributed by atoms with Crippen molar-refractivity contribution < 1.29 is 8.83 Å². The van der Waals surface area contributed by atoms with Crippen LogP contribution in [0.5, 0.6) is 0 Å². The lowest BCUT2D eigenvalue weighted by atomic mass is 9.95. The van der Waals surface area contributed by atoms with Gasteiger partial charge in [-0.2, -0.15) is 0 Å². The van der Waals surface area contributed by atoms with Gasteiger partial charge in [0.25, 0.3) is 0 Å². The Morgan fingerprint density at radius 1 is 0.463 bits per heavy atom. The van der Waals surface area contributed by atoms with Crippen LogP contribution in [0.25, 0.3) is 76.9 Å². The standard InChI is InChI=1S/C49H35N3O2/c50-48(35-22-25-44-42(26-35)43-29-41(33-16-8-3-9-17-33)37-18-10-11-19-40(37)47(43)54-44)52-49(51-30-31-12-4-1-5-13-31)36-21-24-39-38-23-20-34(32-14-6-2-7-15-32)27-45(38)53-46(39)28-36/h1-30,48-49,52H,50H2/b51-30+. The van der Waals surface area contributed by atoms with Crippen molar-refractivity contribution in [2.75, 3.05) is 0 Å². The third kappa shape index (κ3) is 5.73. The lowest BCUT2D eigenvalue weighted by Crippen LogP contribution is -2.31. The number of fused-ring (bicyclic) bond motifs is 8. The van der Waals surface area contributed by atoms with Gasteiger partial charge < -0.3 is 14.6 Å². The van der Waals surface area contributed by atoms with Gasteiger partial charge in [-0.3, -0.25) is 10.3 Å². The monoisotopic (exact) mass is 697 g/mol. The van der Waals surface area contributed by atoms with Gasteiger partial charge in [0.1, 0.15) is 28.5 Å².